The number of Topliss-reactive ketones (excluding diaryl/α,β-unsaturated/α-hetero) is 2. The lowest BCUT2D eigenvalue weighted by molar-refractivity contribution is -0.193. The zero-order valence-corrected chi connectivity index (χ0v) is 30.4. The largest absolute Gasteiger partial charge is 0.493 e. The van der Waals surface area contributed by atoms with E-state index in [0.717, 1.165) is 39.6 Å². The molecule has 3 N–H and O–H groups in total. The Kier molecular flexibility index (Phi) is 12.1. The summed E-state index contributed by atoms with van der Waals surface area (Å²) >= 11 is 6.41. The number of nitrogens with one attached hydrogen (secondary N) is 3. The third-order valence-corrected chi connectivity index (χ3v) is 8.20. The summed E-state index contributed by atoms with van der Waals surface area (Å²) in [6.45, 7) is 9.19. The highest BCUT2D eigenvalue weighted by atomic mass is 35.5. The average Bonchev–Trinajstić information content (AvgIpc) is 3.11. The third kappa shape index (κ3) is 11.2. The summed E-state index contributed by atoms with van der Waals surface area (Å²) in [4.78, 5) is 49.7. The van der Waals surface area contributed by atoms with Crippen LogP contribution in [0.2, 0.25) is 5.02 Å². The van der Waals surface area contributed by atoms with Crippen LogP contribution in [0.25, 0.3) is 11.1 Å². The van der Waals surface area contributed by atoms with Crippen molar-refractivity contribution in [2.24, 2.45) is 0 Å². The maximum Gasteiger partial charge on any atom is 0.458 e. The van der Waals surface area contributed by atoms with Gasteiger partial charge < -0.3 is 30.5 Å². The van der Waals surface area contributed by atoms with Crippen LogP contribution in [0.5, 0.6) is 5.75 Å². The second kappa shape index (κ2) is 16.4. The lowest BCUT2D eigenvalue weighted by Gasteiger charge is -2.37. The Labute approximate surface area is 316 Å². The van der Waals surface area contributed by atoms with Crippen LogP contribution in [0.1, 0.15) is 26.3 Å². The number of aromatic nitrogens is 3. The van der Waals surface area contributed by atoms with Crippen LogP contribution >= 0.6 is 11.6 Å². The monoisotopic (exact) mass is 792 g/mol. The fourth-order valence-electron chi connectivity index (χ4n) is 5.37. The number of fused-ring (bicyclic) bond motifs is 6. The van der Waals surface area contributed by atoms with Gasteiger partial charge in [0.25, 0.3) is 0 Å². The molecule has 4 aromatic rings. The molecule has 1 fully saturated rings. The summed E-state index contributed by atoms with van der Waals surface area (Å²) in [5.41, 5.74) is 4.60. The molecule has 0 unspecified atom stereocenters. The SMILES string of the molecule is CC(C)(C)NC(=O)N1CCN(c2cc(-c3cc4cc(c3)Nc3ncc(Cl)c(n3)Nc3cccc(c3)OCC4)ccn2)CC1.O=C(C(=O)C(F)(F)F)C(F)(F)F. The Balaban J connectivity index is 0.000000418. The maximum absolute atomic E-state index is 12.6. The maximum atomic E-state index is 12.6. The molecular formula is C36H35ClF6N8O4. The van der Waals surface area contributed by atoms with Crippen molar-refractivity contribution in [3.8, 4) is 16.9 Å². The van der Waals surface area contributed by atoms with Crippen molar-refractivity contribution >= 4 is 58.2 Å². The minimum Gasteiger partial charge on any atom is -0.493 e. The van der Waals surface area contributed by atoms with Crippen LogP contribution in [0.3, 0.4) is 0 Å². The summed E-state index contributed by atoms with van der Waals surface area (Å²) in [5, 5.41) is 10.1. The van der Waals surface area contributed by atoms with Gasteiger partial charge in [-0.1, -0.05) is 23.7 Å². The van der Waals surface area contributed by atoms with E-state index in [0.29, 0.717) is 56.0 Å². The van der Waals surface area contributed by atoms with E-state index in [-0.39, 0.29) is 11.6 Å². The molecule has 6 bridgehead atoms. The number of rotatable bonds is 3. The number of nitrogens with zero attached hydrogens (tertiary/aromatic N) is 5. The molecule has 19 heteroatoms. The number of piperazine rings is 1. The lowest BCUT2D eigenvalue weighted by atomic mass is 10.0. The Hall–Kier alpha value is -5.65. The van der Waals surface area contributed by atoms with E-state index in [1.165, 1.54) is 0 Å². The molecule has 2 aliphatic rings. The number of anilines is 5. The Morgan fingerprint density at radius 1 is 0.818 bits per heavy atom. The first-order valence-electron chi connectivity index (χ1n) is 16.7. The van der Waals surface area contributed by atoms with E-state index >= 15 is 0 Å². The van der Waals surface area contributed by atoms with Gasteiger partial charge in [0.05, 0.1) is 12.8 Å². The molecule has 2 amide bonds. The Morgan fingerprint density at radius 2 is 1.51 bits per heavy atom. The number of ketones is 2. The summed E-state index contributed by atoms with van der Waals surface area (Å²) in [5.74, 6) is -4.24. The van der Waals surface area contributed by atoms with Crippen molar-refractivity contribution in [3.05, 3.63) is 77.6 Å². The highest BCUT2D eigenvalue weighted by molar-refractivity contribution is 6.41. The molecule has 2 aliphatic heterocycles. The first-order valence-corrected chi connectivity index (χ1v) is 17.1. The third-order valence-electron chi connectivity index (χ3n) is 7.92. The first-order chi connectivity index (χ1) is 25.7. The number of urea groups is 1. The molecule has 0 radical (unpaired) electrons. The number of halogens is 7. The predicted molar refractivity (Wildman–Crippen MR) is 193 cm³/mol. The quantitative estimate of drug-likeness (QED) is 0.141. The van der Waals surface area contributed by atoms with Crippen LogP contribution < -0.4 is 25.6 Å². The highest BCUT2D eigenvalue weighted by Gasteiger charge is 2.54. The van der Waals surface area contributed by atoms with E-state index < -0.39 is 23.9 Å². The molecule has 2 aromatic carbocycles. The topological polar surface area (TPSA) is 142 Å². The standard InChI is InChI=1S/C32H35ClN8O2.C4F6O2/c1-32(2,3)39-31(42)41-12-10-40(11-13-41)28-18-22(7-9-34-28)23-15-21-8-14-43-26-6-4-5-24(19-26)36-29-27(33)20-35-30(38-29)37-25(16-21)17-23;5-3(6,7)1(11)2(12)4(8,9)10/h4-7,9,15-20H,8,10-14H2,1-3H3,(H,39,42)(H2,35,36,37,38);. The fraction of sp³-hybridized carbons (Fsp3) is 0.333. The number of benzene rings is 2. The van der Waals surface area contributed by atoms with Crippen LogP contribution in [-0.2, 0) is 16.0 Å². The van der Waals surface area contributed by atoms with Crippen molar-refractivity contribution in [2.75, 3.05) is 48.3 Å². The van der Waals surface area contributed by atoms with Crippen LogP contribution in [0.15, 0.2) is 67.0 Å². The summed E-state index contributed by atoms with van der Waals surface area (Å²) in [6, 6.07) is 18.2. The smallest absolute Gasteiger partial charge is 0.458 e. The van der Waals surface area contributed by atoms with Gasteiger partial charge in [0, 0.05) is 61.8 Å². The second-order valence-corrected chi connectivity index (χ2v) is 13.8. The van der Waals surface area contributed by atoms with Crippen molar-refractivity contribution < 1.29 is 45.5 Å². The van der Waals surface area contributed by atoms with Gasteiger partial charge in [0.2, 0.25) is 5.95 Å². The number of amides is 2. The minimum atomic E-state index is -5.77. The molecule has 0 aliphatic carbocycles. The van der Waals surface area contributed by atoms with Gasteiger partial charge in [0.1, 0.15) is 16.6 Å². The lowest BCUT2D eigenvalue weighted by Crippen LogP contribution is -2.55. The number of carbonyl (C=O) groups is 3. The van der Waals surface area contributed by atoms with Crippen LogP contribution in [0, 0.1) is 0 Å². The number of hydrogen-bond donors (Lipinski definition) is 3. The first kappa shape index (κ1) is 40.5. The molecule has 1 saturated heterocycles. The van der Waals surface area contributed by atoms with Crippen molar-refractivity contribution in [1.82, 2.24) is 25.2 Å². The zero-order chi connectivity index (χ0) is 40.1. The van der Waals surface area contributed by atoms with Crippen LogP contribution in [-0.4, -0.2) is 88.1 Å². The van der Waals surface area contributed by atoms with Gasteiger partial charge in [-0.25, -0.2) is 14.8 Å². The summed E-state index contributed by atoms with van der Waals surface area (Å²) in [6.07, 6.45) is -7.41. The number of ether oxygens (including phenoxy) is 1. The summed E-state index contributed by atoms with van der Waals surface area (Å²) in [7, 11) is 0. The number of pyridine rings is 1. The Bertz CT molecular complexity index is 2030. The molecule has 0 atom stereocenters. The van der Waals surface area contributed by atoms with E-state index in [2.05, 4.69) is 60.1 Å². The number of alkyl halides is 6. The molecule has 4 heterocycles. The molecule has 55 heavy (non-hydrogen) atoms. The summed E-state index contributed by atoms with van der Waals surface area (Å²) < 4.78 is 73.1. The minimum absolute atomic E-state index is 0.0269. The van der Waals surface area contributed by atoms with Crippen molar-refractivity contribution in [1.29, 1.82) is 0 Å². The zero-order valence-electron chi connectivity index (χ0n) is 29.6. The average molecular weight is 793 g/mol. The van der Waals surface area contributed by atoms with Gasteiger partial charge >= 0.3 is 30.0 Å². The number of hydrogen-bond acceptors (Lipinski definition) is 10. The van der Waals surface area contributed by atoms with Gasteiger partial charge in [-0.2, -0.15) is 31.3 Å². The van der Waals surface area contributed by atoms with E-state index in [4.69, 9.17) is 16.3 Å². The van der Waals surface area contributed by atoms with Gasteiger partial charge in [-0.05, 0) is 73.9 Å². The molecule has 0 saturated carbocycles. The van der Waals surface area contributed by atoms with Gasteiger partial charge in [0.15, 0.2) is 5.82 Å². The van der Waals surface area contributed by atoms with Crippen molar-refractivity contribution in [3.63, 3.8) is 0 Å². The van der Waals surface area contributed by atoms with Crippen LogP contribution in [0.4, 0.5) is 60.1 Å². The molecule has 12 nitrogen and oxygen atoms in total. The van der Waals surface area contributed by atoms with Gasteiger partial charge in [-0.15, -0.1) is 0 Å². The normalized spacial score (nSPS) is 14.5. The van der Waals surface area contributed by atoms with E-state index in [1.54, 1.807) is 6.20 Å². The molecular weight excluding hydrogens is 758 g/mol. The highest BCUT2D eigenvalue weighted by Crippen LogP contribution is 2.31. The fourth-order valence-corrected chi connectivity index (χ4v) is 5.51. The molecule has 2 aromatic heterocycles. The Morgan fingerprint density at radius 3 is 2.16 bits per heavy atom. The number of carbonyl (C=O) groups excluding carboxylic acids is 3. The van der Waals surface area contributed by atoms with E-state index in [9.17, 15) is 40.7 Å². The van der Waals surface area contributed by atoms with Crippen molar-refractivity contribution in [2.45, 2.75) is 45.1 Å². The molecule has 292 valence electrons. The van der Waals surface area contributed by atoms with E-state index in [1.807, 2.05) is 62.2 Å². The molecule has 6 rings (SSSR count). The molecule has 0 spiro atoms. The second-order valence-electron chi connectivity index (χ2n) is 13.4. The predicted octanol–water partition coefficient (Wildman–Crippen LogP) is 7.49. The van der Waals surface area contributed by atoms with Gasteiger partial charge in [-0.3, -0.25) is 9.59 Å².